The Morgan fingerprint density at radius 3 is 1.81 bits per heavy atom. The average molecular weight is 386 g/mol. The number of rotatable bonds is 17. The number of unbranched alkanes of at least 4 members (excludes halogenated alkanes) is 13. The van der Waals surface area contributed by atoms with Crippen molar-refractivity contribution < 1.29 is 24.4 Å². The second kappa shape index (κ2) is 16.3. The summed E-state index contributed by atoms with van der Waals surface area (Å²) in [6.07, 6.45) is 21.0. The summed E-state index contributed by atoms with van der Waals surface area (Å²) in [4.78, 5) is 4.23. The van der Waals surface area contributed by atoms with Crippen LogP contribution in [0.1, 0.15) is 103 Å². The molecule has 0 atom stereocenters. The van der Waals surface area contributed by atoms with E-state index in [1.165, 1.54) is 77.0 Å². The maximum absolute atomic E-state index is 10.6. The van der Waals surface area contributed by atoms with Gasteiger partial charge in [0.25, 0.3) is 5.75 Å². The zero-order chi connectivity index (χ0) is 18.9. The van der Waals surface area contributed by atoms with Crippen LogP contribution in [0.3, 0.4) is 0 Å². The lowest BCUT2D eigenvalue weighted by atomic mass is 10.0. The summed E-state index contributed by atoms with van der Waals surface area (Å²) in [5.41, 5.74) is 0.723. The monoisotopic (exact) mass is 385 g/mol. The Bertz CT molecular complexity index is 443. The summed E-state index contributed by atoms with van der Waals surface area (Å²) in [5, 5.41) is 0. The van der Waals surface area contributed by atoms with Crippen molar-refractivity contribution in [3.05, 3.63) is 24.0 Å². The molecule has 0 aliphatic heterocycles. The van der Waals surface area contributed by atoms with Crippen LogP contribution in [0.2, 0.25) is 0 Å². The fourth-order valence-corrected chi connectivity index (χ4v) is 3.51. The van der Waals surface area contributed by atoms with Crippen molar-refractivity contribution in [2.24, 2.45) is 0 Å². The van der Waals surface area contributed by atoms with Gasteiger partial charge in [-0.05, 0) is 25.0 Å². The molecular weight excluding hydrogens is 350 g/mol. The second-order valence-electron chi connectivity index (χ2n) is 7.06. The first-order valence-electron chi connectivity index (χ1n) is 10.4. The lowest BCUT2D eigenvalue weighted by molar-refractivity contribution is -1.62. The molecule has 0 spiro atoms. The van der Waals surface area contributed by atoms with E-state index in [1.807, 2.05) is 0 Å². The number of hydrogen-bond donors (Lipinski definition) is 0. The Balaban J connectivity index is 1.92. The molecule has 0 aromatic carbocycles. The molecule has 26 heavy (non-hydrogen) atoms. The quantitative estimate of drug-likeness (QED) is 0.368. The first kappa shape index (κ1) is 23.2. The normalized spacial score (nSPS) is 11.2. The highest BCUT2D eigenvalue weighted by Gasteiger charge is 2.15. The summed E-state index contributed by atoms with van der Waals surface area (Å²) < 4.78 is 26.0. The van der Waals surface area contributed by atoms with Gasteiger partial charge in [-0.1, -0.05) is 90.4 Å². The average Bonchev–Trinajstić information content (AvgIpc) is 2.63. The number of aryl methyl sites for hydroxylation is 1. The SMILES string of the molecule is CCCCCCCCCCCCCCCCc1ncccc1O[Cl+2]([O-])[O-]. The van der Waals surface area contributed by atoms with Gasteiger partial charge in [0.05, 0.1) is 5.69 Å². The van der Waals surface area contributed by atoms with Gasteiger partial charge in [-0.3, -0.25) is 4.98 Å². The molecule has 1 aromatic heterocycles. The van der Waals surface area contributed by atoms with Gasteiger partial charge in [0, 0.05) is 6.20 Å². The number of nitrogens with zero attached hydrogens (tertiary/aromatic N) is 1. The molecule has 1 heterocycles. The van der Waals surface area contributed by atoms with Crippen molar-refractivity contribution in [3.8, 4) is 5.75 Å². The van der Waals surface area contributed by atoms with E-state index < -0.39 is 10.8 Å². The van der Waals surface area contributed by atoms with Gasteiger partial charge >= 0.3 is 10.8 Å². The zero-order valence-electron chi connectivity index (χ0n) is 16.4. The van der Waals surface area contributed by atoms with Gasteiger partial charge in [0.2, 0.25) is 0 Å². The van der Waals surface area contributed by atoms with E-state index in [9.17, 15) is 9.32 Å². The minimum absolute atomic E-state index is 0.341. The molecule has 0 fully saturated rings. The van der Waals surface area contributed by atoms with E-state index >= 15 is 0 Å². The molecule has 0 saturated heterocycles. The molecule has 150 valence electrons. The first-order valence-corrected chi connectivity index (χ1v) is 11.3. The highest BCUT2D eigenvalue weighted by molar-refractivity contribution is 5.26. The molecule has 4 nitrogen and oxygen atoms in total. The predicted octanol–water partition coefficient (Wildman–Crippen LogP) is 4.57. The summed E-state index contributed by atoms with van der Waals surface area (Å²) >= 11 is 0. The van der Waals surface area contributed by atoms with Crippen LogP contribution in [0.25, 0.3) is 0 Å². The largest absolute Gasteiger partial charge is 0.349 e. The van der Waals surface area contributed by atoms with Crippen LogP contribution in [-0.4, -0.2) is 4.98 Å². The topological polar surface area (TPSA) is 68.2 Å². The third-order valence-electron chi connectivity index (χ3n) is 4.76. The van der Waals surface area contributed by atoms with E-state index in [1.54, 1.807) is 18.3 Å². The molecule has 0 radical (unpaired) electrons. The van der Waals surface area contributed by atoms with Gasteiger partial charge in [0.1, 0.15) is 0 Å². The summed E-state index contributed by atoms with van der Waals surface area (Å²) in [5.74, 6) is 0.341. The zero-order valence-corrected chi connectivity index (χ0v) is 17.1. The van der Waals surface area contributed by atoms with Crippen LogP contribution >= 0.6 is 0 Å². The van der Waals surface area contributed by atoms with Crippen LogP contribution in [0.15, 0.2) is 18.3 Å². The third-order valence-corrected chi connectivity index (χ3v) is 5.05. The van der Waals surface area contributed by atoms with Crippen molar-refractivity contribution in [3.63, 3.8) is 0 Å². The summed E-state index contributed by atoms with van der Waals surface area (Å²) in [6, 6.07) is 3.33. The fourth-order valence-electron chi connectivity index (χ4n) is 3.24. The van der Waals surface area contributed by atoms with E-state index in [0.717, 1.165) is 25.0 Å². The highest BCUT2D eigenvalue weighted by Crippen LogP contribution is 2.19. The fraction of sp³-hybridized carbons (Fsp3) is 0.762. The molecule has 1 rings (SSSR count). The molecular formula is C21H36ClNO3. The minimum Gasteiger partial charge on any atom is -0.307 e. The van der Waals surface area contributed by atoms with Gasteiger partial charge in [-0.2, -0.15) is 0 Å². The standard InChI is InChI=1S/C21H36ClNO3/c1-2-3-4-5-6-7-8-9-10-11-12-13-14-15-17-20-21(26-22(24)25)18-16-19-23-20/h16,18-19H,2-15,17H2,1H3. The van der Waals surface area contributed by atoms with Gasteiger partial charge in [-0.15, -0.1) is 4.29 Å². The maximum atomic E-state index is 10.6. The summed E-state index contributed by atoms with van der Waals surface area (Å²) in [6.45, 7) is 2.27. The molecule has 5 heteroatoms. The van der Waals surface area contributed by atoms with Crippen LogP contribution < -0.4 is 13.6 Å². The molecule has 1 aromatic rings. The predicted molar refractivity (Wildman–Crippen MR) is 98.9 cm³/mol. The molecule has 0 unspecified atom stereocenters. The maximum Gasteiger partial charge on any atom is 0.349 e. The van der Waals surface area contributed by atoms with Gasteiger partial charge in [0.15, 0.2) is 0 Å². The number of halogens is 1. The lowest BCUT2D eigenvalue weighted by Gasteiger charge is -2.04. The molecule has 0 amide bonds. The van der Waals surface area contributed by atoms with Crippen molar-refractivity contribution in [1.82, 2.24) is 4.98 Å². The lowest BCUT2D eigenvalue weighted by Crippen LogP contribution is -2.37. The molecule has 0 aliphatic rings. The van der Waals surface area contributed by atoms with E-state index in [0.29, 0.717) is 5.75 Å². The van der Waals surface area contributed by atoms with E-state index in [4.69, 9.17) is 4.29 Å². The first-order chi connectivity index (χ1) is 12.7. The van der Waals surface area contributed by atoms with Crippen molar-refractivity contribution in [2.75, 3.05) is 0 Å². The van der Waals surface area contributed by atoms with Crippen molar-refractivity contribution in [2.45, 2.75) is 103 Å². The van der Waals surface area contributed by atoms with E-state index in [-0.39, 0.29) is 0 Å². The Morgan fingerprint density at radius 1 is 0.808 bits per heavy atom. The second-order valence-corrected chi connectivity index (χ2v) is 7.59. The molecule has 0 bridgehead atoms. The molecule has 0 saturated carbocycles. The van der Waals surface area contributed by atoms with Crippen molar-refractivity contribution >= 4 is 0 Å². The number of hydrogen-bond acceptors (Lipinski definition) is 4. The van der Waals surface area contributed by atoms with Crippen LogP contribution in [0, 0.1) is 10.8 Å². The number of pyridine rings is 1. The minimum atomic E-state index is -2.20. The Labute approximate surface area is 162 Å². The summed E-state index contributed by atoms with van der Waals surface area (Å²) in [7, 11) is -2.20. The van der Waals surface area contributed by atoms with Crippen LogP contribution in [0.5, 0.6) is 5.75 Å². The Hall–Kier alpha value is -0.840. The molecule has 0 N–H and O–H groups in total. The van der Waals surface area contributed by atoms with Crippen LogP contribution in [0.4, 0.5) is 0 Å². The third kappa shape index (κ3) is 12.5. The Kier molecular flexibility index (Phi) is 14.6. The molecule has 0 aliphatic carbocycles. The van der Waals surface area contributed by atoms with E-state index in [2.05, 4.69) is 11.9 Å². The van der Waals surface area contributed by atoms with Crippen LogP contribution in [-0.2, 0) is 6.42 Å². The highest BCUT2D eigenvalue weighted by atomic mass is 35.6. The van der Waals surface area contributed by atoms with Gasteiger partial charge in [-0.25, -0.2) is 0 Å². The van der Waals surface area contributed by atoms with Crippen molar-refractivity contribution in [1.29, 1.82) is 0 Å². The Morgan fingerprint density at radius 2 is 1.31 bits per heavy atom. The smallest absolute Gasteiger partial charge is 0.307 e. The van der Waals surface area contributed by atoms with Gasteiger partial charge < -0.3 is 9.32 Å². The number of aromatic nitrogens is 1.